The molecule has 5 heteroatoms. The van der Waals surface area contributed by atoms with Crippen molar-refractivity contribution in [2.24, 2.45) is 0 Å². The van der Waals surface area contributed by atoms with Crippen LogP contribution in [0.5, 0.6) is 0 Å². The molecule has 1 aliphatic rings. The van der Waals surface area contributed by atoms with Gasteiger partial charge in [-0.2, -0.15) is 0 Å². The van der Waals surface area contributed by atoms with E-state index in [2.05, 4.69) is 12.1 Å². The standard InChI is InChI=1S/C29H29NO4/c1-21-28(29(32)34-20-22-9-5-3-6-10-22)26(19-27(31)30(21)17-18-33-2)25-15-13-24(14-16-25)23-11-7-4-8-12-23/h3-16,26H,17-20H2,1-2H3. The van der Waals surface area contributed by atoms with Crippen LogP contribution < -0.4 is 0 Å². The van der Waals surface area contributed by atoms with E-state index in [9.17, 15) is 9.59 Å². The Morgan fingerprint density at radius 1 is 0.912 bits per heavy atom. The van der Waals surface area contributed by atoms with Crippen LogP contribution in [0.15, 0.2) is 96.2 Å². The molecule has 1 atom stereocenters. The molecular weight excluding hydrogens is 426 g/mol. The zero-order chi connectivity index (χ0) is 23.9. The van der Waals surface area contributed by atoms with Gasteiger partial charge in [-0.1, -0.05) is 84.9 Å². The molecule has 0 saturated heterocycles. The number of benzene rings is 3. The van der Waals surface area contributed by atoms with E-state index < -0.39 is 5.97 Å². The smallest absolute Gasteiger partial charge is 0.336 e. The van der Waals surface area contributed by atoms with E-state index in [-0.39, 0.29) is 24.9 Å². The van der Waals surface area contributed by atoms with Crippen molar-refractivity contribution in [3.63, 3.8) is 0 Å². The van der Waals surface area contributed by atoms with E-state index in [1.165, 1.54) is 0 Å². The number of hydrogen-bond acceptors (Lipinski definition) is 4. The molecule has 5 nitrogen and oxygen atoms in total. The molecule has 0 aromatic heterocycles. The Balaban J connectivity index is 1.64. The minimum Gasteiger partial charge on any atom is -0.457 e. The fraction of sp³-hybridized carbons (Fsp3) is 0.241. The van der Waals surface area contributed by atoms with Crippen molar-refractivity contribution in [1.29, 1.82) is 0 Å². The number of amides is 1. The summed E-state index contributed by atoms with van der Waals surface area (Å²) in [5.74, 6) is -0.779. The van der Waals surface area contributed by atoms with Gasteiger partial charge in [0, 0.05) is 31.7 Å². The molecule has 1 heterocycles. The first kappa shape index (κ1) is 23.5. The van der Waals surface area contributed by atoms with Crippen LogP contribution in [0.2, 0.25) is 0 Å². The summed E-state index contributed by atoms with van der Waals surface area (Å²) in [6.07, 6.45) is 0.210. The predicted molar refractivity (Wildman–Crippen MR) is 132 cm³/mol. The van der Waals surface area contributed by atoms with E-state index in [1.807, 2.05) is 79.7 Å². The Hall–Kier alpha value is -3.70. The van der Waals surface area contributed by atoms with Gasteiger partial charge in [-0.15, -0.1) is 0 Å². The summed E-state index contributed by atoms with van der Waals surface area (Å²) in [4.78, 5) is 28.0. The Morgan fingerprint density at radius 2 is 1.53 bits per heavy atom. The van der Waals surface area contributed by atoms with Gasteiger partial charge in [-0.05, 0) is 29.2 Å². The fourth-order valence-corrected chi connectivity index (χ4v) is 4.36. The van der Waals surface area contributed by atoms with E-state index >= 15 is 0 Å². The van der Waals surface area contributed by atoms with Crippen molar-refractivity contribution in [2.45, 2.75) is 25.9 Å². The molecule has 1 amide bonds. The van der Waals surface area contributed by atoms with Crippen molar-refractivity contribution in [3.05, 3.63) is 107 Å². The van der Waals surface area contributed by atoms with E-state index in [1.54, 1.807) is 12.0 Å². The first-order chi connectivity index (χ1) is 16.6. The fourth-order valence-electron chi connectivity index (χ4n) is 4.36. The topological polar surface area (TPSA) is 55.8 Å². The van der Waals surface area contributed by atoms with Crippen molar-refractivity contribution >= 4 is 11.9 Å². The number of carbonyl (C=O) groups is 2. The van der Waals surface area contributed by atoms with Crippen LogP contribution in [0.25, 0.3) is 11.1 Å². The molecule has 3 aromatic carbocycles. The minimum absolute atomic E-state index is 0.0219. The molecule has 0 aliphatic carbocycles. The number of rotatable bonds is 8. The van der Waals surface area contributed by atoms with E-state index in [0.29, 0.717) is 24.4 Å². The summed E-state index contributed by atoms with van der Waals surface area (Å²) in [5.41, 5.74) is 5.20. The molecule has 1 aliphatic heterocycles. The van der Waals surface area contributed by atoms with Gasteiger partial charge in [-0.25, -0.2) is 4.79 Å². The van der Waals surface area contributed by atoms with Gasteiger partial charge in [0.05, 0.1) is 12.2 Å². The van der Waals surface area contributed by atoms with Gasteiger partial charge in [-0.3, -0.25) is 4.79 Å². The molecule has 0 N–H and O–H groups in total. The first-order valence-electron chi connectivity index (χ1n) is 11.4. The van der Waals surface area contributed by atoms with Crippen LogP contribution in [0.4, 0.5) is 0 Å². The number of hydrogen-bond donors (Lipinski definition) is 0. The monoisotopic (exact) mass is 455 g/mol. The Kier molecular flexibility index (Phi) is 7.55. The van der Waals surface area contributed by atoms with Gasteiger partial charge < -0.3 is 14.4 Å². The zero-order valence-electron chi connectivity index (χ0n) is 19.6. The van der Waals surface area contributed by atoms with Gasteiger partial charge >= 0.3 is 5.97 Å². The van der Waals surface area contributed by atoms with E-state index in [4.69, 9.17) is 9.47 Å². The molecule has 0 spiro atoms. The maximum absolute atomic E-state index is 13.3. The molecule has 174 valence electrons. The van der Waals surface area contributed by atoms with Crippen molar-refractivity contribution in [1.82, 2.24) is 4.90 Å². The van der Waals surface area contributed by atoms with Gasteiger partial charge in [0.1, 0.15) is 6.61 Å². The average Bonchev–Trinajstić information content (AvgIpc) is 2.88. The first-order valence-corrected chi connectivity index (χ1v) is 11.4. The second-order valence-corrected chi connectivity index (χ2v) is 8.34. The number of esters is 1. The van der Waals surface area contributed by atoms with Gasteiger partial charge in [0.25, 0.3) is 0 Å². The molecule has 0 bridgehead atoms. The van der Waals surface area contributed by atoms with Gasteiger partial charge in [0.2, 0.25) is 5.91 Å². The van der Waals surface area contributed by atoms with Crippen LogP contribution in [-0.4, -0.2) is 37.0 Å². The highest BCUT2D eigenvalue weighted by molar-refractivity contribution is 5.96. The summed E-state index contributed by atoms with van der Waals surface area (Å²) in [7, 11) is 1.60. The quantitative estimate of drug-likeness (QED) is 0.431. The number of nitrogens with zero attached hydrogens (tertiary/aromatic N) is 1. The third-order valence-corrected chi connectivity index (χ3v) is 6.19. The lowest BCUT2D eigenvalue weighted by Gasteiger charge is -2.34. The van der Waals surface area contributed by atoms with Crippen molar-refractivity contribution in [3.8, 4) is 11.1 Å². The molecule has 34 heavy (non-hydrogen) atoms. The SMILES string of the molecule is COCCN1C(=O)CC(c2ccc(-c3ccccc3)cc2)C(C(=O)OCc2ccccc2)=C1C. The molecular formula is C29H29NO4. The van der Waals surface area contributed by atoms with Crippen LogP contribution >= 0.6 is 0 Å². The predicted octanol–water partition coefficient (Wildman–Crippen LogP) is 5.33. The van der Waals surface area contributed by atoms with Crippen molar-refractivity contribution < 1.29 is 19.1 Å². The lowest BCUT2D eigenvalue weighted by molar-refractivity contribution is -0.141. The van der Waals surface area contributed by atoms with Crippen LogP contribution in [-0.2, 0) is 25.7 Å². The van der Waals surface area contributed by atoms with Crippen LogP contribution in [0.1, 0.15) is 30.4 Å². The Morgan fingerprint density at radius 3 is 2.18 bits per heavy atom. The summed E-state index contributed by atoms with van der Waals surface area (Å²) >= 11 is 0. The maximum Gasteiger partial charge on any atom is 0.336 e. The zero-order valence-corrected chi connectivity index (χ0v) is 19.6. The number of allylic oxidation sites excluding steroid dienone is 1. The summed E-state index contributed by atoms with van der Waals surface area (Å²) < 4.78 is 10.9. The van der Waals surface area contributed by atoms with Crippen LogP contribution in [0, 0.1) is 0 Å². The summed E-state index contributed by atoms with van der Waals surface area (Å²) in [6.45, 7) is 2.79. The largest absolute Gasteiger partial charge is 0.457 e. The third kappa shape index (κ3) is 5.26. The normalized spacial score (nSPS) is 16.0. The molecule has 4 rings (SSSR count). The number of carbonyl (C=O) groups excluding carboxylic acids is 2. The second-order valence-electron chi connectivity index (χ2n) is 8.34. The highest BCUT2D eigenvalue weighted by Gasteiger charge is 2.36. The summed E-state index contributed by atoms with van der Waals surface area (Å²) in [5, 5.41) is 0. The van der Waals surface area contributed by atoms with Gasteiger partial charge in [0.15, 0.2) is 0 Å². The Labute approximate surface area is 200 Å². The average molecular weight is 456 g/mol. The highest BCUT2D eigenvalue weighted by Crippen LogP contribution is 2.37. The second kappa shape index (κ2) is 10.9. The molecule has 0 saturated carbocycles. The Bertz CT molecular complexity index is 1150. The van der Waals surface area contributed by atoms with Crippen LogP contribution in [0.3, 0.4) is 0 Å². The van der Waals surface area contributed by atoms with E-state index in [0.717, 1.165) is 22.3 Å². The maximum atomic E-state index is 13.3. The lowest BCUT2D eigenvalue weighted by Crippen LogP contribution is -2.40. The van der Waals surface area contributed by atoms with Crippen molar-refractivity contribution in [2.75, 3.05) is 20.3 Å². The minimum atomic E-state index is -0.395. The third-order valence-electron chi connectivity index (χ3n) is 6.19. The summed E-state index contributed by atoms with van der Waals surface area (Å²) in [6, 6.07) is 27.8. The number of methoxy groups -OCH3 is 1. The highest BCUT2D eigenvalue weighted by atomic mass is 16.5. The number of ether oxygens (including phenoxy) is 2. The molecule has 0 fully saturated rings. The lowest BCUT2D eigenvalue weighted by atomic mass is 9.83. The molecule has 0 radical (unpaired) electrons. The molecule has 1 unspecified atom stereocenters. The molecule has 3 aromatic rings.